The first-order chi connectivity index (χ1) is 13.2. The number of carbonyl (C=O) groups excluding carboxylic acids is 1. The molecule has 0 saturated carbocycles. The zero-order valence-corrected chi connectivity index (χ0v) is 14.9. The molecule has 6 heteroatoms. The predicted octanol–water partition coefficient (Wildman–Crippen LogP) is 2.83. The molecule has 2 aliphatic heterocycles. The summed E-state index contributed by atoms with van der Waals surface area (Å²) in [5, 5.41) is 2.99. The van der Waals surface area contributed by atoms with Gasteiger partial charge < -0.3 is 19.5 Å². The molecule has 1 N–H and O–H groups in total. The molecule has 2 aromatic rings. The average Bonchev–Trinajstić information content (AvgIpc) is 2.72. The van der Waals surface area contributed by atoms with Gasteiger partial charge in [-0.1, -0.05) is 24.3 Å². The zero-order chi connectivity index (χ0) is 18.7. The zero-order valence-electron chi connectivity index (χ0n) is 14.9. The minimum absolute atomic E-state index is 0.166. The van der Waals surface area contributed by atoms with E-state index >= 15 is 0 Å². The van der Waals surface area contributed by atoms with Crippen LogP contribution in [0.2, 0.25) is 0 Å². The summed E-state index contributed by atoms with van der Waals surface area (Å²) in [5.41, 5.74) is 0.543. The van der Waals surface area contributed by atoms with E-state index in [-0.39, 0.29) is 23.7 Å². The standard InChI is InChI=1S/C21H22FNO4/c22-16-5-3-4-15(12-16)21(8-10-25-11-9-21)14-23-20(24)19-13-26-17-6-1-2-7-18(17)27-19/h1-7,12,19H,8-11,13-14H2,(H,23,24)/t19-/m0/s1. The topological polar surface area (TPSA) is 56.8 Å². The summed E-state index contributed by atoms with van der Waals surface area (Å²) < 4.78 is 30.6. The van der Waals surface area contributed by atoms with Gasteiger partial charge in [-0.25, -0.2) is 4.39 Å². The maximum absolute atomic E-state index is 13.8. The van der Waals surface area contributed by atoms with E-state index in [4.69, 9.17) is 14.2 Å². The van der Waals surface area contributed by atoms with Crippen molar-refractivity contribution in [2.75, 3.05) is 26.4 Å². The molecule has 2 heterocycles. The van der Waals surface area contributed by atoms with Crippen LogP contribution in [0.15, 0.2) is 48.5 Å². The van der Waals surface area contributed by atoms with Crippen LogP contribution in [0.1, 0.15) is 18.4 Å². The Morgan fingerprint density at radius 1 is 1.11 bits per heavy atom. The largest absolute Gasteiger partial charge is 0.485 e. The molecule has 0 unspecified atom stereocenters. The number of nitrogens with one attached hydrogen (secondary N) is 1. The Bertz CT molecular complexity index is 819. The lowest BCUT2D eigenvalue weighted by Gasteiger charge is -2.38. The number of ether oxygens (including phenoxy) is 3. The van der Waals surface area contributed by atoms with Gasteiger partial charge in [0.05, 0.1) is 0 Å². The molecule has 1 amide bonds. The van der Waals surface area contributed by atoms with Crippen molar-refractivity contribution in [2.24, 2.45) is 0 Å². The second-order valence-corrected chi connectivity index (χ2v) is 6.99. The molecule has 0 aliphatic carbocycles. The van der Waals surface area contributed by atoms with E-state index in [9.17, 15) is 9.18 Å². The van der Waals surface area contributed by atoms with E-state index in [0.29, 0.717) is 31.3 Å². The third-order valence-corrected chi connectivity index (χ3v) is 5.29. The van der Waals surface area contributed by atoms with Gasteiger partial charge in [-0.15, -0.1) is 0 Å². The SMILES string of the molecule is O=C(NCC1(c2cccc(F)c2)CCOCC1)[C@@H]1COc2ccccc2O1. The number of rotatable bonds is 4. The van der Waals surface area contributed by atoms with Crippen molar-refractivity contribution >= 4 is 5.91 Å². The fourth-order valence-electron chi connectivity index (χ4n) is 3.67. The Labute approximate surface area is 157 Å². The van der Waals surface area contributed by atoms with Crippen molar-refractivity contribution in [2.45, 2.75) is 24.4 Å². The molecule has 0 radical (unpaired) electrons. The Kier molecular flexibility index (Phi) is 4.99. The molecule has 1 atom stereocenters. The summed E-state index contributed by atoms with van der Waals surface area (Å²) in [7, 11) is 0. The third-order valence-electron chi connectivity index (χ3n) is 5.29. The normalized spacial score (nSPS) is 20.7. The summed E-state index contributed by atoms with van der Waals surface area (Å²) in [6.07, 6.45) is 0.743. The lowest BCUT2D eigenvalue weighted by molar-refractivity contribution is -0.130. The molecule has 142 valence electrons. The van der Waals surface area contributed by atoms with E-state index in [0.717, 1.165) is 18.4 Å². The summed E-state index contributed by atoms with van der Waals surface area (Å²) >= 11 is 0. The number of halogens is 1. The van der Waals surface area contributed by atoms with Crippen LogP contribution in [0.4, 0.5) is 4.39 Å². The number of amides is 1. The third kappa shape index (κ3) is 3.76. The minimum atomic E-state index is -0.704. The van der Waals surface area contributed by atoms with Gasteiger partial charge in [0.25, 0.3) is 5.91 Å². The fourth-order valence-corrected chi connectivity index (χ4v) is 3.67. The van der Waals surface area contributed by atoms with E-state index in [1.165, 1.54) is 6.07 Å². The molecule has 0 spiro atoms. The van der Waals surface area contributed by atoms with Crippen LogP contribution in [0.3, 0.4) is 0 Å². The van der Waals surface area contributed by atoms with Crippen LogP contribution in [-0.4, -0.2) is 38.4 Å². The van der Waals surface area contributed by atoms with Crippen molar-refractivity contribution in [3.05, 3.63) is 59.9 Å². The Morgan fingerprint density at radius 2 is 1.89 bits per heavy atom. The highest BCUT2D eigenvalue weighted by atomic mass is 19.1. The highest BCUT2D eigenvalue weighted by Crippen LogP contribution is 2.35. The lowest BCUT2D eigenvalue weighted by atomic mass is 9.74. The van der Waals surface area contributed by atoms with Crippen LogP contribution >= 0.6 is 0 Å². The number of hydrogen-bond donors (Lipinski definition) is 1. The summed E-state index contributed by atoms with van der Waals surface area (Å²) in [5.74, 6) is 0.703. The highest BCUT2D eigenvalue weighted by molar-refractivity contribution is 5.81. The average molecular weight is 371 g/mol. The predicted molar refractivity (Wildman–Crippen MR) is 97.5 cm³/mol. The molecule has 2 aromatic carbocycles. The summed E-state index contributed by atoms with van der Waals surface area (Å²) in [6, 6.07) is 13.9. The molecule has 1 fully saturated rings. The van der Waals surface area contributed by atoms with E-state index in [1.54, 1.807) is 18.2 Å². The molecule has 27 heavy (non-hydrogen) atoms. The number of para-hydroxylation sites is 2. The highest BCUT2D eigenvalue weighted by Gasteiger charge is 2.36. The van der Waals surface area contributed by atoms with Crippen molar-refractivity contribution in [3.63, 3.8) is 0 Å². The number of benzene rings is 2. The lowest BCUT2D eigenvalue weighted by Crippen LogP contribution is -2.50. The fraction of sp³-hybridized carbons (Fsp3) is 0.381. The Hall–Kier alpha value is -2.60. The van der Waals surface area contributed by atoms with Gasteiger partial charge in [0.1, 0.15) is 12.4 Å². The first-order valence-electron chi connectivity index (χ1n) is 9.16. The van der Waals surface area contributed by atoms with E-state index in [2.05, 4.69) is 5.32 Å². The molecule has 0 aromatic heterocycles. The van der Waals surface area contributed by atoms with Crippen molar-refractivity contribution in [1.29, 1.82) is 0 Å². The van der Waals surface area contributed by atoms with E-state index in [1.807, 2.05) is 24.3 Å². The van der Waals surface area contributed by atoms with Gasteiger partial charge >= 0.3 is 0 Å². The maximum atomic E-state index is 13.8. The van der Waals surface area contributed by atoms with E-state index < -0.39 is 6.10 Å². The molecular weight excluding hydrogens is 349 g/mol. The minimum Gasteiger partial charge on any atom is -0.485 e. The number of hydrogen-bond acceptors (Lipinski definition) is 4. The van der Waals surface area contributed by atoms with Gasteiger partial charge in [0, 0.05) is 25.2 Å². The van der Waals surface area contributed by atoms with Crippen LogP contribution in [0, 0.1) is 5.82 Å². The van der Waals surface area contributed by atoms with Gasteiger partial charge in [0.2, 0.25) is 6.10 Å². The smallest absolute Gasteiger partial charge is 0.264 e. The second-order valence-electron chi connectivity index (χ2n) is 6.99. The monoisotopic (exact) mass is 371 g/mol. The molecule has 4 rings (SSSR count). The second kappa shape index (κ2) is 7.56. The molecule has 0 bridgehead atoms. The molecule has 1 saturated heterocycles. The van der Waals surface area contributed by atoms with Gasteiger partial charge in [0.15, 0.2) is 11.5 Å². The first-order valence-corrected chi connectivity index (χ1v) is 9.16. The quantitative estimate of drug-likeness (QED) is 0.898. The molecular formula is C21H22FNO4. The maximum Gasteiger partial charge on any atom is 0.264 e. The molecule has 2 aliphatic rings. The summed E-state index contributed by atoms with van der Waals surface area (Å²) in [6.45, 7) is 1.74. The Balaban J connectivity index is 1.46. The van der Waals surface area contributed by atoms with Crippen LogP contribution in [-0.2, 0) is 14.9 Å². The van der Waals surface area contributed by atoms with Crippen molar-refractivity contribution < 1.29 is 23.4 Å². The first kappa shape index (κ1) is 17.8. The van der Waals surface area contributed by atoms with Crippen LogP contribution in [0.5, 0.6) is 11.5 Å². The summed E-state index contributed by atoms with van der Waals surface area (Å²) in [4.78, 5) is 12.7. The Morgan fingerprint density at radius 3 is 2.67 bits per heavy atom. The van der Waals surface area contributed by atoms with Gasteiger partial charge in [-0.3, -0.25) is 4.79 Å². The van der Waals surface area contributed by atoms with Gasteiger partial charge in [-0.05, 0) is 42.7 Å². The van der Waals surface area contributed by atoms with Crippen LogP contribution in [0.25, 0.3) is 0 Å². The van der Waals surface area contributed by atoms with Crippen molar-refractivity contribution in [3.8, 4) is 11.5 Å². The van der Waals surface area contributed by atoms with Crippen molar-refractivity contribution in [1.82, 2.24) is 5.32 Å². The van der Waals surface area contributed by atoms with Gasteiger partial charge in [-0.2, -0.15) is 0 Å². The van der Waals surface area contributed by atoms with Crippen LogP contribution < -0.4 is 14.8 Å². The number of carbonyl (C=O) groups is 1. The molecule has 5 nitrogen and oxygen atoms in total. The number of fused-ring (bicyclic) bond motifs is 1.